The van der Waals surface area contributed by atoms with Crippen molar-refractivity contribution in [2.45, 2.75) is 12.2 Å². The van der Waals surface area contributed by atoms with Crippen LogP contribution in [0, 0.1) is 0 Å². The highest BCUT2D eigenvalue weighted by molar-refractivity contribution is 7.45. The van der Waals surface area contributed by atoms with Crippen molar-refractivity contribution in [3.63, 3.8) is 0 Å². The average molecular weight is 285 g/mol. The highest BCUT2D eigenvalue weighted by Crippen LogP contribution is 2.25. The van der Waals surface area contributed by atoms with Gasteiger partial charge >= 0.3 is 19.8 Å². The number of aliphatic hydroxyl groups is 2. The number of carboxylic acid groups (broad SMARTS) is 2. The summed E-state index contributed by atoms with van der Waals surface area (Å²) in [5.74, 6) is -3.54. The summed E-state index contributed by atoms with van der Waals surface area (Å²) in [7, 11) is -4.64. The van der Waals surface area contributed by atoms with Crippen LogP contribution in [-0.4, -0.2) is 59.3 Å². The van der Waals surface area contributed by atoms with E-state index in [1.165, 1.54) is 0 Å². The zero-order valence-electron chi connectivity index (χ0n) is 7.37. The predicted molar refractivity (Wildman–Crippen MR) is 48.8 cm³/mol. The molecule has 0 saturated carbocycles. The Kier molecular flexibility index (Phi) is 10.9. The number of phosphoric acid groups is 1. The van der Waals surface area contributed by atoms with E-state index in [1.54, 1.807) is 0 Å². The van der Waals surface area contributed by atoms with E-state index >= 15 is 0 Å². The van der Waals surface area contributed by atoms with E-state index in [4.69, 9.17) is 39.7 Å². The van der Waals surface area contributed by atoms with Gasteiger partial charge in [0.2, 0.25) is 0 Å². The summed E-state index contributed by atoms with van der Waals surface area (Å²) in [6.45, 7) is 0. The van der Waals surface area contributed by atoms with Crippen molar-refractivity contribution < 1.29 is 49.3 Å². The lowest BCUT2D eigenvalue weighted by atomic mass is 10.2. The van der Waals surface area contributed by atoms with Crippen molar-refractivity contribution in [1.82, 2.24) is 0 Å². The Morgan fingerprint density at radius 1 is 0.875 bits per heavy atom. The first kappa shape index (κ1) is 20.6. The topological polar surface area (TPSA) is 193 Å². The lowest BCUT2D eigenvalue weighted by molar-refractivity contribution is -0.165. The van der Waals surface area contributed by atoms with Crippen molar-refractivity contribution in [3.05, 3.63) is 0 Å². The molecule has 7 N–H and O–H groups in total. The number of hydrogen-bond donors (Lipinski definition) is 7. The summed E-state index contributed by atoms with van der Waals surface area (Å²) >= 11 is 0. The molecule has 12 heteroatoms. The lowest BCUT2D eigenvalue weighted by Crippen LogP contribution is -2.39. The molecule has 0 aliphatic rings. The Balaban J connectivity index is -0.000000242. The van der Waals surface area contributed by atoms with E-state index in [0.717, 1.165) is 0 Å². The predicted octanol–water partition coefficient (Wildman–Crippen LogP) is -2.63. The molecular formula is C4H10ClO10P. The van der Waals surface area contributed by atoms with Crippen LogP contribution in [0.4, 0.5) is 0 Å². The van der Waals surface area contributed by atoms with E-state index < -0.39 is 32.0 Å². The fourth-order valence-corrected chi connectivity index (χ4v) is 0.270. The molecule has 0 amide bonds. The second kappa shape index (κ2) is 8.42. The van der Waals surface area contributed by atoms with Gasteiger partial charge in [0.1, 0.15) is 0 Å². The fraction of sp³-hybridized carbons (Fsp3) is 0.500. The van der Waals surface area contributed by atoms with Gasteiger partial charge in [0.25, 0.3) is 0 Å². The van der Waals surface area contributed by atoms with Gasteiger partial charge in [-0.15, -0.1) is 12.4 Å². The minimum Gasteiger partial charge on any atom is -0.479 e. The number of hydrogen-bond acceptors (Lipinski definition) is 5. The SMILES string of the molecule is Cl.O=C(O)C(O)C(O)C(=O)O.O=P(O)(O)O. The lowest BCUT2D eigenvalue weighted by Gasteiger charge is -2.07. The molecule has 0 aromatic heterocycles. The normalized spacial score (nSPS) is 13.6. The highest BCUT2D eigenvalue weighted by Gasteiger charge is 2.29. The molecule has 0 bridgehead atoms. The third kappa shape index (κ3) is 15.7. The van der Waals surface area contributed by atoms with Crippen molar-refractivity contribution in [1.29, 1.82) is 0 Å². The van der Waals surface area contributed by atoms with E-state index in [-0.39, 0.29) is 12.4 Å². The summed E-state index contributed by atoms with van der Waals surface area (Å²) in [5, 5.41) is 32.5. The third-order valence-corrected chi connectivity index (χ3v) is 0.805. The largest absolute Gasteiger partial charge is 0.479 e. The first-order valence-electron chi connectivity index (χ1n) is 3.07. The van der Waals surface area contributed by atoms with Gasteiger partial charge in [0.15, 0.2) is 12.2 Å². The van der Waals surface area contributed by atoms with Gasteiger partial charge < -0.3 is 35.1 Å². The number of carboxylic acids is 2. The summed E-state index contributed by atoms with van der Waals surface area (Å²) in [6, 6.07) is 0. The second-order valence-corrected chi connectivity index (χ2v) is 3.11. The fourth-order valence-electron chi connectivity index (χ4n) is 0.270. The third-order valence-electron chi connectivity index (χ3n) is 0.805. The van der Waals surface area contributed by atoms with Crippen LogP contribution >= 0.6 is 20.2 Å². The summed E-state index contributed by atoms with van der Waals surface area (Å²) in [6.07, 6.45) is -4.53. The van der Waals surface area contributed by atoms with Crippen LogP contribution in [0.5, 0.6) is 0 Å². The molecule has 0 aromatic carbocycles. The van der Waals surface area contributed by atoms with Crippen LogP contribution in [0.2, 0.25) is 0 Å². The van der Waals surface area contributed by atoms with Crippen LogP contribution < -0.4 is 0 Å². The number of carbonyl (C=O) groups is 2. The molecule has 0 spiro atoms. The Morgan fingerprint density at radius 2 is 1.00 bits per heavy atom. The minimum atomic E-state index is -4.64. The van der Waals surface area contributed by atoms with Gasteiger partial charge in [-0.2, -0.15) is 0 Å². The molecule has 0 aliphatic heterocycles. The standard InChI is InChI=1S/C4H6O6.ClH.H3O4P/c5-1(3(7)8)2(6)4(9)10;;1-5(2,3)4/h1-2,5-6H,(H,7,8)(H,9,10);1H;(H3,1,2,3,4). The van der Waals surface area contributed by atoms with Gasteiger partial charge in [-0.1, -0.05) is 0 Å². The first-order valence-corrected chi connectivity index (χ1v) is 4.63. The van der Waals surface area contributed by atoms with Gasteiger partial charge in [0, 0.05) is 0 Å². The molecule has 0 aromatic rings. The van der Waals surface area contributed by atoms with Crippen molar-refractivity contribution in [3.8, 4) is 0 Å². The maximum absolute atomic E-state index is 9.77. The molecule has 0 aliphatic carbocycles. The van der Waals surface area contributed by atoms with Crippen LogP contribution in [0.1, 0.15) is 0 Å². The Morgan fingerprint density at radius 3 is 1.06 bits per heavy atom. The summed E-state index contributed by atoms with van der Waals surface area (Å²) in [4.78, 5) is 41.1. The highest BCUT2D eigenvalue weighted by atomic mass is 35.5. The number of aliphatic carboxylic acids is 2. The van der Waals surface area contributed by atoms with Crippen LogP contribution in [0.25, 0.3) is 0 Å². The Labute approximate surface area is 94.4 Å². The van der Waals surface area contributed by atoms with Crippen LogP contribution in [0.15, 0.2) is 0 Å². The molecule has 2 unspecified atom stereocenters. The molecule has 0 radical (unpaired) electrons. The van der Waals surface area contributed by atoms with E-state index in [1.807, 2.05) is 0 Å². The molecule has 98 valence electrons. The molecule has 16 heavy (non-hydrogen) atoms. The number of halogens is 1. The van der Waals surface area contributed by atoms with E-state index in [0.29, 0.717) is 0 Å². The zero-order chi connectivity index (χ0) is 12.8. The van der Waals surface area contributed by atoms with Crippen molar-refractivity contribution in [2.24, 2.45) is 0 Å². The molecule has 0 rings (SSSR count). The molecule has 0 fully saturated rings. The van der Waals surface area contributed by atoms with Crippen molar-refractivity contribution >= 4 is 32.2 Å². The molecule has 0 saturated heterocycles. The van der Waals surface area contributed by atoms with E-state index in [9.17, 15) is 9.59 Å². The summed E-state index contributed by atoms with van der Waals surface area (Å²) < 4.78 is 8.88. The maximum Gasteiger partial charge on any atom is 0.466 e. The monoisotopic (exact) mass is 284 g/mol. The molecule has 10 nitrogen and oxygen atoms in total. The second-order valence-electron chi connectivity index (χ2n) is 2.08. The van der Waals surface area contributed by atoms with Crippen LogP contribution in [0.3, 0.4) is 0 Å². The van der Waals surface area contributed by atoms with Gasteiger partial charge in [-0.25, -0.2) is 14.2 Å². The number of rotatable bonds is 3. The quantitative estimate of drug-likeness (QED) is 0.269. The van der Waals surface area contributed by atoms with E-state index in [2.05, 4.69) is 0 Å². The van der Waals surface area contributed by atoms with Gasteiger partial charge in [0.05, 0.1) is 0 Å². The number of aliphatic hydroxyl groups excluding tert-OH is 2. The summed E-state index contributed by atoms with van der Waals surface area (Å²) in [5.41, 5.74) is 0. The first-order chi connectivity index (χ1) is 6.46. The molecule has 2 atom stereocenters. The minimum absolute atomic E-state index is 0. The van der Waals surface area contributed by atoms with Crippen molar-refractivity contribution in [2.75, 3.05) is 0 Å². The molecular weight excluding hydrogens is 274 g/mol. The average Bonchev–Trinajstić information content (AvgIpc) is 1.98. The Hall–Kier alpha value is -0.740. The van der Waals surface area contributed by atoms with Crippen LogP contribution in [-0.2, 0) is 14.2 Å². The smallest absolute Gasteiger partial charge is 0.466 e. The molecule has 0 heterocycles. The van der Waals surface area contributed by atoms with Gasteiger partial charge in [-0.05, 0) is 0 Å². The Bertz CT molecular complexity index is 246. The maximum atomic E-state index is 9.77. The zero-order valence-corrected chi connectivity index (χ0v) is 9.08. The van der Waals surface area contributed by atoms with Gasteiger partial charge in [-0.3, -0.25) is 0 Å².